The molecule has 112 valence electrons. The van der Waals surface area contributed by atoms with Crippen LogP contribution in [0.5, 0.6) is 5.75 Å². The van der Waals surface area contributed by atoms with E-state index in [0.717, 1.165) is 17.7 Å². The predicted octanol–water partition coefficient (Wildman–Crippen LogP) is 4.51. The lowest BCUT2D eigenvalue weighted by molar-refractivity contribution is 0.414. The molecule has 0 heterocycles. The van der Waals surface area contributed by atoms with Gasteiger partial charge in [-0.05, 0) is 46.2 Å². The number of nitrogens with two attached hydrogens (primary N) is 1. The Bertz CT molecular complexity index is 599. The fourth-order valence-corrected chi connectivity index (χ4v) is 2.45. The molecule has 21 heavy (non-hydrogen) atoms. The second-order valence-electron chi connectivity index (χ2n) is 6.04. The third-order valence-electron chi connectivity index (χ3n) is 4.39. The SMILES string of the molecule is CCC(C)(C)c1ccc(-c2ccc(OC)cc2CN)cc1. The Morgan fingerprint density at radius 2 is 1.71 bits per heavy atom. The fraction of sp³-hybridized carbons (Fsp3) is 0.368. The van der Waals surface area contributed by atoms with Crippen molar-refractivity contribution >= 4 is 0 Å². The third kappa shape index (κ3) is 3.27. The minimum absolute atomic E-state index is 0.217. The van der Waals surface area contributed by atoms with E-state index in [1.807, 2.05) is 12.1 Å². The van der Waals surface area contributed by atoms with E-state index in [4.69, 9.17) is 10.5 Å². The van der Waals surface area contributed by atoms with Crippen molar-refractivity contribution in [2.75, 3.05) is 7.11 Å². The highest BCUT2D eigenvalue weighted by Gasteiger charge is 2.17. The van der Waals surface area contributed by atoms with Crippen LogP contribution in [0.1, 0.15) is 38.3 Å². The van der Waals surface area contributed by atoms with Crippen molar-refractivity contribution < 1.29 is 4.74 Å². The summed E-state index contributed by atoms with van der Waals surface area (Å²) >= 11 is 0. The number of ether oxygens (including phenoxy) is 1. The lowest BCUT2D eigenvalue weighted by Gasteiger charge is -2.23. The van der Waals surface area contributed by atoms with Gasteiger partial charge in [0.2, 0.25) is 0 Å². The van der Waals surface area contributed by atoms with Crippen LogP contribution in [-0.4, -0.2) is 7.11 Å². The second-order valence-corrected chi connectivity index (χ2v) is 6.04. The summed E-state index contributed by atoms with van der Waals surface area (Å²) < 4.78 is 5.27. The Morgan fingerprint density at radius 1 is 1.05 bits per heavy atom. The van der Waals surface area contributed by atoms with Crippen LogP contribution in [0.15, 0.2) is 42.5 Å². The highest BCUT2D eigenvalue weighted by molar-refractivity contribution is 5.68. The van der Waals surface area contributed by atoms with Crippen LogP contribution in [0.3, 0.4) is 0 Å². The van der Waals surface area contributed by atoms with Gasteiger partial charge in [-0.1, -0.05) is 51.1 Å². The van der Waals surface area contributed by atoms with Crippen molar-refractivity contribution in [3.63, 3.8) is 0 Å². The number of rotatable bonds is 5. The van der Waals surface area contributed by atoms with Crippen LogP contribution in [0.25, 0.3) is 11.1 Å². The van der Waals surface area contributed by atoms with Crippen molar-refractivity contribution in [3.05, 3.63) is 53.6 Å². The molecule has 2 rings (SSSR count). The van der Waals surface area contributed by atoms with Crippen molar-refractivity contribution in [1.82, 2.24) is 0 Å². The van der Waals surface area contributed by atoms with Crippen LogP contribution in [-0.2, 0) is 12.0 Å². The summed E-state index contributed by atoms with van der Waals surface area (Å²) in [6.07, 6.45) is 1.13. The highest BCUT2D eigenvalue weighted by atomic mass is 16.5. The largest absolute Gasteiger partial charge is 0.497 e. The topological polar surface area (TPSA) is 35.2 Å². The molecule has 0 saturated carbocycles. The van der Waals surface area contributed by atoms with Gasteiger partial charge in [0.15, 0.2) is 0 Å². The summed E-state index contributed by atoms with van der Waals surface area (Å²) in [4.78, 5) is 0. The number of benzene rings is 2. The zero-order chi connectivity index (χ0) is 15.5. The van der Waals surface area contributed by atoms with Crippen molar-refractivity contribution in [1.29, 1.82) is 0 Å². The Kier molecular flexibility index (Phi) is 4.69. The molecule has 0 amide bonds. The number of hydrogen-bond acceptors (Lipinski definition) is 2. The number of methoxy groups -OCH3 is 1. The van der Waals surface area contributed by atoms with E-state index >= 15 is 0 Å². The lowest BCUT2D eigenvalue weighted by atomic mass is 9.81. The maximum absolute atomic E-state index is 5.88. The van der Waals surface area contributed by atoms with E-state index < -0.39 is 0 Å². The van der Waals surface area contributed by atoms with Gasteiger partial charge in [0.1, 0.15) is 5.75 Å². The molecule has 0 aliphatic heterocycles. The molecule has 2 aromatic rings. The molecule has 2 aromatic carbocycles. The molecule has 0 fully saturated rings. The maximum atomic E-state index is 5.88. The molecular formula is C19H25NO. The first kappa shape index (κ1) is 15.6. The smallest absolute Gasteiger partial charge is 0.119 e. The van der Waals surface area contributed by atoms with Crippen LogP contribution >= 0.6 is 0 Å². The standard InChI is InChI=1S/C19H25NO/c1-5-19(2,3)16-8-6-14(7-9-16)18-11-10-17(21-4)12-15(18)13-20/h6-12H,5,13,20H2,1-4H3. The molecule has 2 heteroatoms. The lowest BCUT2D eigenvalue weighted by Crippen LogP contribution is -2.15. The Balaban J connectivity index is 2.39. The average molecular weight is 283 g/mol. The summed E-state index contributed by atoms with van der Waals surface area (Å²) in [5.74, 6) is 0.850. The second kappa shape index (κ2) is 6.31. The summed E-state index contributed by atoms with van der Waals surface area (Å²) in [5, 5.41) is 0. The van der Waals surface area contributed by atoms with E-state index in [1.54, 1.807) is 7.11 Å². The Hall–Kier alpha value is -1.80. The minimum atomic E-state index is 0.217. The van der Waals surface area contributed by atoms with E-state index in [-0.39, 0.29) is 5.41 Å². The molecule has 0 aliphatic carbocycles. The first-order chi connectivity index (χ1) is 10.0. The Labute approximate surface area is 127 Å². The predicted molar refractivity (Wildman–Crippen MR) is 89.6 cm³/mol. The van der Waals surface area contributed by atoms with E-state index in [2.05, 4.69) is 51.1 Å². The molecule has 0 radical (unpaired) electrons. The molecule has 2 nitrogen and oxygen atoms in total. The Morgan fingerprint density at radius 3 is 2.24 bits per heavy atom. The minimum Gasteiger partial charge on any atom is -0.497 e. The fourth-order valence-electron chi connectivity index (χ4n) is 2.45. The average Bonchev–Trinajstić information content (AvgIpc) is 2.54. The zero-order valence-corrected chi connectivity index (χ0v) is 13.4. The van der Waals surface area contributed by atoms with E-state index in [0.29, 0.717) is 6.54 Å². The molecule has 0 spiro atoms. The molecule has 0 aromatic heterocycles. The quantitative estimate of drug-likeness (QED) is 0.876. The number of hydrogen-bond donors (Lipinski definition) is 1. The van der Waals surface area contributed by atoms with Crippen LogP contribution < -0.4 is 10.5 Å². The molecule has 0 atom stereocenters. The van der Waals surface area contributed by atoms with Crippen molar-refractivity contribution in [2.24, 2.45) is 5.73 Å². The summed E-state index contributed by atoms with van der Waals surface area (Å²) in [6, 6.07) is 14.9. The van der Waals surface area contributed by atoms with E-state index in [1.165, 1.54) is 16.7 Å². The molecule has 2 N–H and O–H groups in total. The van der Waals surface area contributed by atoms with Gasteiger partial charge in [-0.2, -0.15) is 0 Å². The monoisotopic (exact) mass is 283 g/mol. The van der Waals surface area contributed by atoms with Gasteiger partial charge in [0, 0.05) is 6.54 Å². The van der Waals surface area contributed by atoms with Gasteiger partial charge in [-0.25, -0.2) is 0 Å². The third-order valence-corrected chi connectivity index (χ3v) is 4.39. The summed E-state index contributed by atoms with van der Waals surface area (Å²) in [7, 11) is 1.68. The highest BCUT2D eigenvalue weighted by Crippen LogP contribution is 2.31. The van der Waals surface area contributed by atoms with Crippen LogP contribution in [0.4, 0.5) is 0 Å². The molecule has 0 unspecified atom stereocenters. The van der Waals surface area contributed by atoms with Gasteiger partial charge >= 0.3 is 0 Å². The van der Waals surface area contributed by atoms with Crippen LogP contribution in [0.2, 0.25) is 0 Å². The molecule has 0 aliphatic rings. The molecule has 0 bridgehead atoms. The van der Waals surface area contributed by atoms with Gasteiger partial charge in [0.25, 0.3) is 0 Å². The first-order valence-electron chi connectivity index (χ1n) is 7.49. The summed E-state index contributed by atoms with van der Waals surface area (Å²) in [6.45, 7) is 7.29. The van der Waals surface area contributed by atoms with Gasteiger partial charge in [-0.15, -0.1) is 0 Å². The van der Waals surface area contributed by atoms with E-state index in [9.17, 15) is 0 Å². The van der Waals surface area contributed by atoms with Gasteiger partial charge in [0.05, 0.1) is 7.11 Å². The zero-order valence-electron chi connectivity index (χ0n) is 13.4. The molecular weight excluding hydrogens is 258 g/mol. The van der Waals surface area contributed by atoms with Gasteiger partial charge in [-0.3, -0.25) is 0 Å². The van der Waals surface area contributed by atoms with Crippen molar-refractivity contribution in [2.45, 2.75) is 39.2 Å². The first-order valence-corrected chi connectivity index (χ1v) is 7.49. The normalized spacial score (nSPS) is 11.5. The van der Waals surface area contributed by atoms with Crippen LogP contribution in [0, 0.1) is 0 Å². The molecule has 0 saturated heterocycles. The maximum Gasteiger partial charge on any atom is 0.119 e. The summed E-state index contributed by atoms with van der Waals surface area (Å²) in [5.41, 5.74) is 11.0. The van der Waals surface area contributed by atoms with Crippen molar-refractivity contribution in [3.8, 4) is 16.9 Å². The van der Waals surface area contributed by atoms with Gasteiger partial charge < -0.3 is 10.5 Å².